The summed E-state index contributed by atoms with van der Waals surface area (Å²) in [5, 5.41) is 2.90. The van der Waals surface area contributed by atoms with Gasteiger partial charge in [-0.1, -0.05) is 0 Å². The third-order valence-electron chi connectivity index (χ3n) is 3.62. The van der Waals surface area contributed by atoms with E-state index in [1.807, 2.05) is 18.2 Å². The molecule has 0 spiro atoms. The molecule has 0 aromatic heterocycles. The number of hydrogen-bond donors (Lipinski definition) is 2. The lowest BCUT2D eigenvalue weighted by molar-refractivity contribution is -0.126. The van der Waals surface area contributed by atoms with Gasteiger partial charge in [-0.25, -0.2) is 0 Å². The van der Waals surface area contributed by atoms with Crippen LogP contribution in [-0.4, -0.2) is 31.3 Å². The monoisotopic (exact) mass is 262 g/mol. The van der Waals surface area contributed by atoms with Crippen molar-refractivity contribution in [3.05, 3.63) is 23.8 Å². The highest BCUT2D eigenvalue weighted by Crippen LogP contribution is 2.28. The van der Waals surface area contributed by atoms with Crippen molar-refractivity contribution in [1.82, 2.24) is 0 Å². The summed E-state index contributed by atoms with van der Waals surface area (Å²) in [4.78, 5) is 12.1. The standard InChI is InChI=1S/C14H18N2O3/c15-8-11-2-4-13(19-11)14(17)16-10-1-3-12-9(7-10)5-6-18-12/h1,3,7,11,13H,2,4-6,8,15H2,(H,16,17)/t11-,13+/m1/s1. The third kappa shape index (κ3) is 2.57. The molecule has 0 aliphatic carbocycles. The van der Waals surface area contributed by atoms with E-state index in [0.717, 1.165) is 42.9 Å². The number of fused-ring (bicyclic) bond motifs is 1. The minimum Gasteiger partial charge on any atom is -0.493 e. The van der Waals surface area contributed by atoms with Gasteiger partial charge < -0.3 is 20.5 Å². The van der Waals surface area contributed by atoms with Crippen molar-refractivity contribution in [2.24, 2.45) is 5.73 Å². The summed E-state index contributed by atoms with van der Waals surface area (Å²) < 4.78 is 11.0. The van der Waals surface area contributed by atoms with Crippen LogP contribution in [0.1, 0.15) is 18.4 Å². The summed E-state index contributed by atoms with van der Waals surface area (Å²) in [5.74, 6) is 0.827. The zero-order valence-corrected chi connectivity index (χ0v) is 10.7. The van der Waals surface area contributed by atoms with Crippen molar-refractivity contribution >= 4 is 11.6 Å². The molecule has 0 bridgehead atoms. The van der Waals surface area contributed by atoms with Gasteiger partial charge in [0, 0.05) is 18.7 Å². The minimum atomic E-state index is -0.377. The van der Waals surface area contributed by atoms with Crippen molar-refractivity contribution in [2.75, 3.05) is 18.5 Å². The van der Waals surface area contributed by atoms with Gasteiger partial charge in [0.25, 0.3) is 5.91 Å². The van der Waals surface area contributed by atoms with Crippen LogP contribution in [0.15, 0.2) is 18.2 Å². The van der Waals surface area contributed by atoms with Gasteiger partial charge in [-0.15, -0.1) is 0 Å². The molecule has 2 aliphatic rings. The third-order valence-corrected chi connectivity index (χ3v) is 3.62. The quantitative estimate of drug-likeness (QED) is 0.854. The van der Waals surface area contributed by atoms with E-state index in [-0.39, 0.29) is 18.1 Å². The Morgan fingerprint density at radius 2 is 2.32 bits per heavy atom. The molecule has 0 unspecified atom stereocenters. The minimum absolute atomic E-state index is 0.0178. The van der Waals surface area contributed by atoms with Gasteiger partial charge in [0.15, 0.2) is 0 Å². The fourth-order valence-corrected chi connectivity index (χ4v) is 2.56. The number of hydrogen-bond acceptors (Lipinski definition) is 4. The molecule has 1 aromatic carbocycles. The number of amides is 1. The first kappa shape index (κ1) is 12.4. The fraction of sp³-hybridized carbons (Fsp3) is 0.500. The van der Waals surface area contributed by atoms with E-state index < -0.39 is 0 Å². The van der Waals surface area contributed by atoms with Crippen LogP contribution in [0.25, 0.3) is 0 Å². The number of rotatable bonds is 3. The van der Waals surface area contributed by atoms with E-state index in [0.29, 0.717) is 6.54 Å². The normalized spacial score (nSPS) is 24.9. The van der Waals surface area contributed by atoms with Crippen molar-refractivity contribution in [3.63, 3.8) is 0 Å². The number of ether oxygens (including phenoxy) is 2. The topological polar surface area (TPSA) is 73.6 Å². The second kappa shape index (κ2) is 5.19. The van der Waals surface area contributed by atoms with Crippen LogP contribution >= 0.6 is 0 Å². The Morgan fingerprint density at radius 3 is 3.11 bits per heavy atom. The van der Waals surface area contributed by atoms with E-state index in [1.165, 1.54) is 0 Å². The number of benzene rings is 1. The highest BCUT2D eigenvalue weighted by Gasteiger charge is 2.29. The van der Waals surface area contributed by atoms with E-state index in [4.69, 9.17) is 15.2 Å². The van der Waals surface area contributed by atoms with Crippen LogP contribution in [0.4, 0.5) is 5.69 Å². The largest absolute Gasteiger partial charge is 0.493 e. The first-order valence-corrected chi connectivity index (χ1v) is 6.68. The van der Waals surface area contributed by atoms with E-state index in [1.54, 1.807) is 0 Å². The molecule has 1 fully saturated rings. The lowest BCUT2D eigenvalue weighted by Crippen LogP contribution is -2.29. The number of nitrogens with two attached hydrogens (primary N) is 1. The Bertz CT molecular complexity index is 490. The predicted octanol–water partition coefficient (Wildman–Crippen LogP) is 1.07. The van der Waals surface area contributed by atoms with Crippen LogP contribution in [0, 0.1) is 0 Å². The molecule has 3 N–H and O–H groups in total. The lowest BCUT2D eigenvalue weighted by atomic mass is 10.1. The summed E-state index contributed by atoms with van der Waals surface area (Å²) in [6, 6.07) is 5.73. The zero-order chi connectivity index (χ0) is 13.2. The molecule has 1 aromatic rings. The lowest BCUT2D eigenvalue weighted by Gasteiger charge is -2.13. The molecule has 19 heavy (non-hydrogen) atoms. The SMILES string of the molecule is NC[C@H]1CC[C@@H](C(=O)Nc2ccc3c(c2)CCO3)O1. The van der Waals surface area contributed by atoms with Gasteiger partial charge >= 0.3 is 0 Å². The molecule has 3 rings (SSSR count). The van der Waals surface area contributed by atoms with Crippen molar-refractivity contribution in [3.8, 4) is 5.75 Å². The Kier molecular flexibility index (Phi) is 3.40. The number of carbonyl (C=O) groups is 1. The van der Waals surface area contributed by atoms with Gasteiger partial charge in [-0.2, -0.15) is 0 Å². The Labute approximate surface area is 112 Å². The summed E-state index contributed by atoms with van der Waals surface area (Å²) in [6.07, 6.45) is 2.13. The van der Waals surface area contributed by atoms with Crippen LogP contribution in [-0.2, 0) is 16.0 Å². The van der Waals surface area contributed by atoms with E-state index >= 15 is 0 Å². The number of carbonyl (C=O) groups excluding carboxylic acids is 1. The van der Waals surface area contributed by atoms with Crippen molar-refractivity contribution in [2.45, 2.75) is 31.5 Å². The molecule has 102 valence electrons. The summed E-state index contributed by atoms with van der Waals surface area (Å²) >= 11 is 0. The maximum absolute atomic E-state index is 12.1. The molecule has 0 saturated carbocycles. The average Bonchev–Trinajstić information content (AvgIpc) is 3.06. The van der Waals surface area contributed by atoms with Crippen LogP contribution < -0.4 is 15.8 Å². The van der Waals surface area contributed by atoms with E-state index in [9.17, 15) is 4.79 Å². The highest BCUT2D eigenvalue weighted by atomic mass is 16.5. The molecule has 5 heteroatoms. The molecule has 2 heterocycles. The predicted molar refractivity (Wildman–Crippen MR) is 71.2 cm³/mol. The fourth-order valence-electron chi connectivity index (χ4n) is 2.56. The Hall–Kier alpha value is -1.59. The molecule has 1 saturated heterocycles. The zero-order valence-electron chi connectivity index (χ0n) is 10.7. The summed E-state index contributed by atoms with van der Waals surface area (Å²) in [6.45, 7) is 1.19. The van der Waals surface area contributed by atoms with Gasteiger partial charge in [-0.05, 0) is 36.6 Å². The molecule has 2 atom stereocenters. The molecule has 1 amide bonds. The van der Waals surface area contributed by atoms with Crippen LogP contribution in [0.2, 0.25) is 0 Å². The maximum atomic E-state index is 12.1. The highest BCUT2D eigenvalue weighted by molar-refractivity contribution is 5.94. The van der Waals surface area contributed by atoms with Crippen molar-refractivity contribution in [1.29, 1.82) is 0 Å². The number of nitrogens with one attached hydrogen (secondary N) is 1. The Morgan fingerprint density at radius 1 is 1.42 bits per heavy atom. The first-order chi connectivity index (χ1) is 9.26. The second-order valence-electron chi connectivity index (χ2n) is 4.97. The van der Waals surface area contributed by atoms with Crippen LogP contribution in [0.5, 0.6) is 5.75 Å². The maximum Gasteiger partial charge on any atom is 0.253 e. The molecular weight excluding hydrogens is 244 g/mol. The van der Waals surface area contributed by atoms with Gasteiger partial charge in [-0.3, -0.25) is 4.79 Å². The van der Waals surface area contributed by atoms with Gasteiger partial charge in [0.1, 0.15) is 11.9 Å². The second-order valence-corrected chi connectivity index (χ2v) is 4.97. The number of anilines is 1. The van der Waals surface area contributed by atoms with Gasteiger partial charge in [0.2, 0.25) is 0 Å². The summed E-state index contributed by atoms with van der Waals surface area (Å²) in [5.41, 5.74) is 7.48. The van der Waals surface area contributed by atoms with Gasteiger partial charge in [0.05, 0.1) is 12.7 Å². The molecule has 0 radical (unpaired) electrons. The smallest absolute Gasteiger partial charge is 0.253 e. The van der Waals surface area contributed by atoms with E-state index in [2.05, 4.69) is 5.32 Å². The molecular formula is C14H18N2O3. The first-order valence-electron chi connectivity index (χ1n) is 6.68. The molecule has 5 nitrogen and oxygen atoms in total. The summed E-state index contributed by atoms with van der Waals surface area (Å²) in [7, 11) is 0. The van der Waals surface area contributed by atoms with Crippen molar-refractivity contribution < 1.29 is 14.3 Å². The average molecular weight is 262 g/mol. The molecule has 2 aliphatic heterocycles. The Balaban J connectivity index is 1.63. The van der Waals surface area contributed by atoms with Crippen LogP contribution in [0.3, 0.4) is 0 Å².